The van der Waals surface area contributed by atoms with E-state index in [1.165, 1.54) is 6.07 Å². The smallest absolute Gasteiger partial charge is 0.337 e. The Morgan fingerprint density at radius 2 is 2.00 bits per heavy atom. The van der Waals surface area contributed by atoms with Crippen LogP contribution >= 0.6 is 0 Å². The van der Waals surface area contributed by atoms with Gasteiger partial charge in [0.2, 0.25) is 5.91 Å². The lowest BCUT2D eigenvalue weighted by Crippen LogP contribution is -2.36. The molecule has 0 radical (unpaired) electrons. The molecule has 0 aliphatic heterocycles. The molecule has 8 heteroatoms. The molecular weight excluding hydrogens is 302 g/mol. The maximum Gasteiger partial charge on any atom is 0.337 e. The van der Waals surface area contributed by atoms with Crippen LogP contribution in [0.2, 0.25) is 0 Å². The number of rotatable bonds is 5. The molecule has 8 nitrogen and oxygen atoms in total. The molecular formula is C15H19N3O5. The summed E-state index contributed by atoms with van der Waals surface area (Å²) < 4.78 is 5.78. The number of carboxylic acids is 1. The molecule has 1 aliphatic carbocycles. The molecule has 1 fully saturated rings. The van der Waals surface area contributed by atoms with E-state index in [0.29, 0.717) is 0 Å². The van der Waals surface area contributed by atoms with E-state index in [9.17, 15) is 14.4 Å². The minimum Gasteiger partial charge on any atom is -0.488 e. The molecule has 0 aromatic carbocycles. The molecule has 1 aromatic rings. The van der Waals surface area contributed by atoms with Crippen LogP contribution in [0.3, 0.4) is 0 Å². The summed E-state index contributed by atoms with van der Waals surface area (Å²) in [7, 11) is 0. The molecule has 23 heavy (non-hydrogen) atoms. The predicted octanol–water partition coefficient (Wildman–Crippen LogP) is 0.706. The molecule has 124 valence electrons. The predicted molar refractivity (Wildman–Crippen MR) is 80.2 cm³/mol. The lowest BCUT2D eigenvalue weighted by molar-refractivity contribution is -0.118. The molecule has 1 aromatic heterocycles. The quantitative estimate of drug-likeness (QED) is 0.727. The van der Waals surface area contributed by atoms with Crippen LogP contribution in [0.25, 0.3) is 0 Å². The Kier molecular flexibility index (Phi) is 5.64. The average molecular weight is 321 g/mol. The van der Waals surface area contributed by atoms with E-state index in [-0.39, 0.29) is 29.7 Å². The van der Waals surface area contributed by atoms with E-state index in [1.807, 2.05) is 0 Å². The number of nitrogens with one attached hydrogen (secondary N) is 1. The second-order valence-electron chi connectivity index (χ2n) is 5.34. The molecule has 2 rings (SSSR count). The Labute approximate surface area is 133 Å². The van der Waals surface area contributed by atoms with E-state index >= 15 is 0 Å². The van der Waals surface area contributed by atoms with Crippen molar-refractivity contribution in [2.75, 3.05) is 6.54 Å². The van der Waals surface area contributed by atoms with Gasteiger partial charge in [0.25, 0.3) is 5.91 Å². The first-order chi connectivity index (χ1) is 11.0. The van der Waals surface area contributed by atoms with E-state index in [2.05, 4.69) is 10.3 Å². The number of carbonyl (C=O) groups excluding carboxylic acids is 2. The SMILES string of the molecule is NCC(=O)NC(=O)c1ncc(C(=O)O)cc1OC1CCCCC1. The topological polar surface area (TPSA) is 132 Å². The first-order valence-electron chi connectivity index (χ1n) is 7.45. The van der Waals surface area contributed by atoms with E-state index in [4.69, 9.17) is 15.6 Å². The van der Waals surface area contributed by atoms with E-state index in [1.54, 1.807) is 0 Å². The monoisotopic (exact) mass is 321 g/mol. The van der Waals surface area contributed by atoms with Gasteiger partial charge in [0.15, 0.2) is 11.4 Å². The number of carbonyl (C=O) groups is 3. The number of imide groups is 1. The van der Waals surface area contributed by atoms with Crippen LogP contribution in [0.1, 0.15) is 53.0 Å². The van der Waals surface area contributed by atoms with Gasteiger partial charge in [-0.3, -0.25) is 14.9 Å². The summed E-state index contributed by atoms with van der Waals surface area (Å²) in [5.41, 5.74) is 4.95. The summed E-state index contributed by atoms with van der Waals surface area (Å²) >= 11 is 0. The van der Waals surface area contributed by atoms with Gasteiger partial charge in [0, 0.05) is 6.20 Å². The van der Waals surface area contributed by atoms with Gasteiger partial charge < -0.3 is 15.6 Å². The van der Waals surface area contributed by atoms with Crippen molar-refractivity contribution < 1.29 is 24.2 Å². The molecule has 0 bridgehead atoms. The van der Waals surface area contributed by atoms with Gasteiger partial charge in [0.1, 0.15) is 0 Å². The fraction of sp³-hybridized carbons (Fsp3) is 0.467. The zero-order valence-corrected chi connectivity index (χ0v) is 12.6. The van der Waals surface area contributed by atoms with Gasteiger partial charge >= 0.3 is 5.97 Å². The van der Waals surface area contributed by atoms with Crippen LogP contribution in [0.5, 0.6) is 5.75 Å². The summed E-state index contributed by atoms with van der Waals surface area (Å²) in [6.45, 7) is -0.336. The summed E-state index contributed by atoms with van der Waals surface area (Å²) in [6.07, 6.45) is 5.80. The Morgan fingerprint density at radius 3 is 2.61 bits per heavy atom. The molecule has 4 N–H and O–H groups in total. The molecule has 0 spiro atoms. The Bertz CT molecular complexity index is 611. The normalized spacial score (nSPS) is 15.0. The number of nitrogens with zero attached hydrogens (tertiary/aromatic N) is 1. The van der Waals surface area contributed by atoms with E-state index < -0.39 is 17.8 Å². The van der Waals surface area contributed by atoms with Gasteiger partial charge in [-0.2, -0.15) is 0 Å². The zero-order valence-electron chi connectivity index (χ0n) is 12.6. The fourth-order valence-electron chi connectivity index (χ4n) is 2.42. The van der Waals surface area contributed by atoms with Crippen LogP contribution in [0.4, 0.5) is 0 Å². The third kappa shape index (κ3) is 4.49. The van der Waals surface area contributed by atoms with Gasteiger partial charge in [-0.05, 0) is 31.7 Å². The van der Waals surface area contributed by atoms with Crippen LogP contribution in [0, 0.1) is 0 Å². The lowest BCUT2D eigenvalue weighted by Gasteiger charge is -2.23. The van der Waals surface area contributed by atoms with Crippen molar-refractivity contribution in [3.8, 4) is 5.75 Å². The largest absolute Gasteiger partial charge is 0.488 e. The lowest BCUT2D eigenvalue weighted by atomic mass is 9.98. The Balaban J connectivity index is 2.26. The van der Waals surface area contributed by atoms with Crippen LogP contribution in [-0.4, -0.2) is 40.5 Å². The first kappa shape index (κ1) is 16.9. The van der Waals surface area contributed by atoms with Crippen LogP contribution < -0.4 is 15.8 Å². The molecule has 0 saturated heterocycles. The number of hydrogen-bond donors (Lipinski definition) is 3. The summed E-state index contributed by atoms with van der Waals surface area (Å²) in [4.78, 5) is 38.3. The van der Waals surface area contributed by atoms with Crippen molar-refractivity contribution >= 4 is 17.8 Å². The number of aromatic nitrogens is 1. The standard InChI is InChI=1S/C15H19N3O5/c16-7-12(19)18-14(20)13-11(6-9(8-17-13)15(21)22)23-10-4-2-1-3-5-10/h6,8,10H,1-5,7,16H2,(H,21,22)(H,18,19,20). The Hall–Kier alpha value is -2.48. The second-order valence-corrected chi connectivity index (χ2v) is 5.34. The van der Waals surface area contributed by atoms with Crippen molar-refractivity contribution in [3.63, 3.8) is 0 Å². The fourth-order valence-corrected chi connectivity index (χ4v) is 2.42. The van der Waals surface area contributed by atoms with Crippen molar-refractivity contribution in [1.29, 1.82) is 0 Å². The van der Waals surface area contributed by atoms with Crippen molar-refractivity contribution in [1.82, 2.24) is 10.3 Å². The molecule has 2 amide bonds. The number of pyridine rings is 1. The molecule has 0 unspecified atom stereocenters. The molecule has 1 saturated carbocycles. The average Bonchev–Trinajstić information content (AvgIpc) is 2.55. The van der Waals surface area contributed by atoms with Crippen molar-refractivity contribution in [2.24, 2.45) is 5.73 Å². The third-order valence-corrected chi connectivity index (χ3v) is 3.60. The molecule has 0 atom stereocenters. The van der Waals surface area contributed by atoms with Gasteiger partial charge in [-0.25, -0.2) is 9.78 Å². The van der Waals surface area contributed by atoms with E-state index in [0.717, 1.165) is 38.3 Å². The van der Waals surface area contributed by atoms with Crippen LogP contribution in [0.15, 0.2) is 12.3 Å². The van der Waals surface area contributed by atoms with Gasteiger partial charge in [-0.15, -0.1) is 0 Å². The minimum atomic E-state index is -1.17. The number of hydrogen-bond acceptors (Lipinski definition) is 6. The highest BCUT2D eigenvalue weighted by molar-refractivity contribution is 6.05. The molecule has 1 heterocycles. The van der Waals surface area contributed by atoms with Crippen molar-refractivity contribution in [3.05, 3.63) is 23.5 Å². The molecule has 1 aliphatic rings. The number of ether oxygens (including phenoxy) is 1. The summed E-state index contributed by atoms with van der Waals surface area (Å²) in [5, 5.41) is 11.1. The number of amides is 2. The first-order valence-corrected chi connectivity index (χ1v) is 7.45. The summed E-state index contributed by atoms with van der Waals surface area (Å²) in [6, 6.07) is 1.26. The highest BCUT2D eigenvalue weighted by Crippen LogP contribution is 2.26. The van der Waals surface area contributed by atoms with Gasteiger partial charge in [0.05, 0.1) is 18.2 Å². The minimum absolute atomic E-state index is 0.0686. The summed E-state index contributed by atoms with van der Waals surface area (Å²) in [5.74, 6) is -2.51. The van der Waals surface area contributed by atoms with Gasteiger partial charge in [-0.1, -0.05) is 6.42 Å². The number of carboxylic acid groups (broad SMARTS) is 1. The zero-order chi connectivity index (χ0) is 16.8. The Morgan fingerprint density at radius 1 is 1.30 bits per heavy atom. The maximum atomic E-state index is 12.1. The third-order valence-electron chi connectivity index (χ3n) is 3.60. The highest BCUT2D eigenvalue weighted by atomic mass is 16.5. The maximum absolute atomic E-state index is 12.1. The van der Waals surface area contributed by atoms with Crippen LogP contribution in [-0.2, 0) is 4.79 Å². The number of nitrogens with two attached hydrogens (primary N) is 1. The highest BCUT2D eigenvalue weighted by Gasteiger charge is 2.22. The van der Waals surface area contributed by atoms with Crippen molar-refractivity contribution in [2.45, 2.75) is 38.2 Å². The second kappa shape index (κ2) is 7.68. The number of aromatic carboxylic acids is 1.